The number of carbonyl (C=O) groups is 1. The Hall–Kier alpha value is -1.52. The maximum Gasteiger partial charge on any atom is 0.255 e. The molecule has 0 aliphatic carbocycles. The predicted octanol–water partition coefficient (Wildman–Crippen LogP) is 2.54. The quantitative estimate of drug-likeness (QED) is 0.638. The summed E-state index contributed by atoms with van der Waals surface area (Å²) in [5.74, 6) is -0.160. The SMILES string of the molecule is O=[C-]NCc1ccc(C(=O)Nc2ccccc2)cc1.[CH3-].[Y]. The van der Waals surface area contributed by atoms with Crippen LogP contribution in [-0.4, -0.2) is 12.3 Å². The summed E-state index contributed by atoms with van der Waals surface area (Å²) in [6.07, 6.45) is 1.61. The third-order valence-electron chi connectivity index (χ3n) is 2.61. The number of para-hydroxylation sites is 1. The van der Waals surface area contributed by atoms with Gasteiger partial charge < -0.3 is 22.9 Å². The summed E-state index contributed by atoms with van der Waals surface area (Å²) in [6.45, 7) is 0.407. The number of benzene rings is 2. The Morgan fingerprint density at radius 3 is 2.19 bits per heavy atom. The van der Waals surface area contributed by atoms with Crippen molar-refractivity contribution in [2.45, 2.75) is 6.54 Å². The van der Waals surface area contributed by atoms with Gasteiger partial charge in [0.15, 0.2) is 0 Å². The third kappa shape index (κ3) is 6.19. The number of rotatable bonds is 5. The summed E-state index contributed by atoms with van der Waals surface area (Å²) in [5.41, 5.74) is 2.25. The normalized spacial score (nSPS) is 8.76. The molecule has 2 aromatic rings. The van der Waals surface area contributed by atoms with Gasteiger partial charge in [0.25, 0.3) is 5.91 Å². The summed E-state index contributed by atoms with van der Waals surface area (Å²) >= 11 is 0. The second-order valence-corrected chi connectivity index (χ2v) is 3.97. The summed E-state index contributed by atoms with van der Waals surface area (Å²) in [6, 6.07) is 16.3. The fraction of sp³-hybridized carbons (Fsp3) is 0.0625. The first-order valence-electron chi connectivity index (χ1n) is 5.85. The van der Waals surface area contributed by atoms with Gasteiger partial charge in [-0.3, -0.25) is 4.79 Å². The van der Waals surface area contributed by atoms with E-state index in [9.17, 15) is 9.59 Å². The molecule has 0 saturated carbocycles. The van der Waals surface area contributed by atoms with E-state index in [4.69, 9.17) is 0 Å². The van der Waals surface area contributed by atoms with Gasteiger partial charge in [0.2, 0.25) is 0 Å². The molecule has 0 fully saturated rings. The van der Waals surface area contributed by atoms with Crippen LogP contribution in [0.15, 0.2) is 54.6 Å². The minimum atomic E-state index is -0.160. The first kappa shape index (κ1) is 19.5. The molecule has 0 unspecified atom stereocenters. The van der Waals surface area contributed by atoms with Crippen LogP contribution in [0.4, 0.5) is 5.69 Å². The van der Waals surface area contributed by atoms with Crippen molar-refractivity contribution in [1.82, 2.24) is 5.32 Å². The van der Waals surface area contributed by atoms with Crippen LogP contribution >= 0.6 is 0 Å². The molecule has 107 valence electrons. The second-order valence-electron chi connectivity index (χ2n) is 3.97. The Labute approximate surface area is 150 Å². The zero-order valence-electron chi connectivity index (χ0n) is 11.8. The fourth-order valence-electron chi connectivity index (χ4n) is 1.64. The van der Waals surface area contributed by atoms with E-state index in [0.29, 0.717) is 12.1 Å². The molecular formula is C16H16N2O2Y-2. The van der Waals surface area contributed by atoms with Crippen LogP contribution in [-0.2, 0) is 44.0 Å². The zero-order valence-corrected chi connectivity index (χ0v) is 14.6. The van der Waals surface area contributed by atoms with Crippen molar-refractivity contribution >= 4 is 18.0 Å². The summed E-state index contributed by atoms with van der Waals surface area (Å²) in [7, 11) is 0. The van der Waals surface area contributed by atoms with E-state index >= 15 is 0 Å². The predicted molar refractivity (Wildman–Crippen MR) is 79.8 cm³/mol. The molecule has 21 heavy (non-hydrogen) atoms. The molecule has 0 heterocycles. The Kier molecular flexibility index (Phi) is 9.51. The molecule has 0 spiro atoms. The molecule has 5 heteroatoms. The Morgan fingerprint density at radius 2 is 1.62 bits per heavy atom. The van der Waals surface area contributed by atoms with Crippen molar-refractivity contribution in [3.05, 3.63) is 73.2 Å². The van der Waals surface area contributed by atoms with E-state index in [1.54, 1.807) is 30.7 Å². The average molecular weight is 357 g/mol. The second kappa shape index (κ2) is 10.2. The first-order chi connectivity index (χ1) is 9.29. The molecule has 1 radical (unpaired) electrons. The molecule has 0 atom stereocenters. The number of amides is 2. The van der Waals surface area contributed by atoms with Gasteiger partial charge in [-0.15, -0.1) is 0 Å². The van der Waals surface area contributed by atoms with E-state index in [0.717, 1.165) is 11.3 Å². The minimum Gasteiger partial charge on any atom is -0.526 e. The molecule has 0 saturated heterocycles. The topological polar surface area (TPSA) is 58.2 Å². The molecule has 0 aliphatic rings. The minimum absolute atomic E-state index is 0. The van der Waals surface area contributed by atoms with Gasteiger partial charge in [-0.1, -0.05) is 30.3 Å². The van der Waals surface area contributed by atoms with Gasteiger partial charge in [-0.2, -0.15) is 6.41 Å². The smallest absolute Gasteiger partial charge is 0.255 e. The van der Waals surface area contributed by atoms with Gasteiger partial charge in [0.1, 0.15) is 0 Å². The van der Waals surface area contributed by atoms with Crippen molar-refractivity contribution in [1.29, 1.82) is 0 Å². The Balaban J connectivity index is 0.00000200. The maximum absolute atomic E-state index is 12.0. The first-order valence-corrected chi connectivity index (χ1v) is 5.85. The van der Waals surface area contributed by atoms with Crippen LogP contribution in [0.1, 0.15) is 15.9 Å². The van der Waals surface area contributed by atoms with Crippen LogP contribution in [0.25, 0.3) is 0 Å². The van der Waals surface area contributed by atoms with Crippen molar-refractivity contribution < 1.29 is 42.3 Å². The number of hydrogen-bond acceptors (Lipinski definition) is 2. The van der Waals surface area contributed by atoms with E-state index in [-0.39, 0.29) is 46.0 Å². The largest absolute Gasteiger partial charge is 0.526 e. The van der Waals surface area contributed by atoms with Crippen LogP contribution in [0, 0.1) is 7.43 Å². The fourth-order valence-corrected chi connectivity index (χ4v) is 1.64. The van der Waals surface area contributed by atoms with Crippen LogP contribution in [0.2, 0.25) is 0 Å². The molecule has 2 amide bonds. The van der Waals surface area contributed by atoms with Crippen molar-refractivity contribution in [3.63, 3.8) is 0 Å². The zero-order chi connectivity index (χ0) is 13.5. The average Bonchev–Trinajstić information content (AvgIpc) is 2.46. The number of carbonyl (C=O) groups excluding carboxylic acids is 2. The van der Waals surface area contributed by atoms with Crippen molar-refractivity contribution in [3.8, 4) is 0 Å². The van der Waals surface area contributed by atoms with E-state index in [2.05, 4.69) is 10.6 Å². The number of anilines is 1. The molecule has 2 rings (SSSR count). The van der Waals surface area contributed by atoms with E-state index in [1.165, 1.54) is 0 Å². The van der Waals surface area contributed by atoms with Gasteiger partial charge in [-0.05, 0) is 29.8 Å². The molecule has 0 aromatic heterocycles. The van der Waals surface area contributed by atoms with E-state index < -0.39 is 0 Å². The summed E-state index contributed by atoms with van der Waals surface area (Å²) < 4.78 is 0. The third-order valence-corrected chi connectivity index (χ3v) is 2.61. The number of hydrogen-bond donors (Lipinski definition) is 2. The summed E-state index contributed by atoms with van der Waals surface area (Å²) in [5, 5.41) is 5.25. The molecule has 2 aromatic carbocycles. The van der Waals surface area contributed by atoms with Gasteiger partial charge >= 0.3 is 0 Å². The standard InChI is InChI=1S/C15H13N2O2.CH3.Y/c18-11-16-10-12-6-8-13(9-7-12)15(19)17-14-4-2-1-3-5-14;;/h1-9H,10H2,(H,16,18)(H,17,19);1H3;/q2*-1;. The molecule has 2 N–H and O–H groups in total. The molecule has 0 bridgehead atoms. The van der Waals surface area contributed by atoms with Crippen molar-refractivity contribution in [2.75, 3.05) is 5.32 Å². The van der Waals surface area contributed by atoms with Gasteiger partial charge in [0, 0.05) is 50.5 Å². The maximum atomic E-state index is 12.0. The number of nitrogens with one attached hydrogen (secondary N) is 2. The summed E-state index contributed by atoms with van der Waals surface area (Å²) in [4.78, 5) is 22.0. The van der Waals surface area contributed by atoms with Crippen LogP contribution in [0.5, 0.6) is 0 Å². The van der Waals surface area contributed by atoms with Gasteiger partial charge in [-0.25, -0.2) is 0 Å². The Bertz CT molecular complexity index is 556. The van der Waals surface area contributed by atoms with Crippen LogP contribution in [0.3, 0.4) is 0 Å². The molecular weight excluding hydrogens is 341 g/mol. The van der Waals surface area contributed by atoms with Crippen molar-refractivity contribution in [2.24, 2.45) is 0 Å². The monoisotopic (exact) mass is 357 g/mol. The molecule has 4 nitrogen and oxygen atoms in total. The van der Waals surface area contributed by atoms with Gasteiger partial charge in [0.05, 0.1) is 0 Å². The van der Waals surface area contributed by atoms with E-state index in [1.807, 2.05) is 30.3 Å². The van der Waals surface area contributed by atoms with Crippen LogP contribution < -0.4 is 10.6 Å². The Morgan fingerprint density at radius 1 is 1.00 bits per heavy atom. The molecule has 0 aliphatic heterocycles.